The quantitative estimate of drug-likeness (QED) is 0.571. The Morgan fingerprint density at radius 2 is 1.64 bits per heavy atom. The van der Waals surface area contributed by atoms with Crippen LogP contribution in [-0.4, -0.2) is 12.6 Å². The summed E-state index contributed by atoms with van der Waals surface area (Å²) in [6.45, 7) is 4.43. The Morgan fingerprint density at radius 1 is 1.05 bits per heavy atom. The van der Waals surface area contributed by atoms with Crippen molar-refractivity contribution < 1.29 is 14.6 Å². The third-order valence-electron chi connectivity index (χ3n) is 3.27. The zero-order valence-corrected chi connectivity index (χ0v) is 12.9. The highest BCUT2D eigenvalue weighted by atomic mass is 17.2. The number of para-hydroxylation sites is 1. The second-order valence-corrected chi connectivity index (χ2v) is 4.99. The first-order valence-electron chi connectivity index (χ1n) is 7.47. The van der Waals surface area contributed by atoms with Gasteiger partial charge in [-0.3, -0.25) is 9.79 Å². The van der Waals surface area contributed by atoms with Gasteiger partial charge in [-0.25, -0.2) is 4.79 Å². The second-order valence-electron chi connectivity index (χ2n) is 4.99. The first kappa shape index (κ1) is 16.0. The Hall–Kier alpha value is -2.33. The number of rotatable bonds is 6. The Balaban J connectivity index is 1.97. The molecule has 0 saturated heterocycles. The van der Waals surface area contributed by atoms with Crippen molar-refractivity contribution in [2.45, 2.75) is 26.4 Å². The minimum Gasteiger partial charge on any atom is -0.276 e. The molecule has 1 unspecified atom stereocenters. The first-order chi connectivity index (χ1) is 10.7. The molecular weight excluding hydrogens is 278 g/mol. The molecule has 2 aromatic carbocycles. The molecule has 0 saturated carbocycles. The molecule has 0 bridgehead atoms. The molecule has 0 heterocycles. The van der Waals surface area contributed by atoms with Gasteiger partial charge in [-0.15, -0.1) is 0 Å². The molecule has 0 N–H and O–H groups in total. The monoisotopic (exact) mass is 299 g/mol. The lowest BCUT2D eigenvalue weighted by atomic mass is 10.1. The van der Waals surface area contributed by atoms with Gasteiger partial charge in [0.25, 0.3) is 0 Å². The van der Waals surface area contributed by atoms with E-state index in [1.807, 2.05) is 74.5 Å². The predicted octanol–water partition coefficient (Wildman–Crippen LogP) is 4.73. The summed E-state index contributed by atoms with van der Waals surface area (Å²) in [5.41, 5.74) is 1.75. The smallest absolute Gasteiger partial charge is 0.276 e. The van der Waals surface area contributed by atoms with Crippen LogP contribution in [0.25, 0.3) is 0 Å². The van der Waals surface area contributed by atoms with Crippen LogP contribution in [0.2, 0.25) is 0 Å². The van der Waals surface area contributed by atoms with E-state index in [1.54, 1.807) is 4.90 Å². The van der Waals surface area contributed by atoms with E-state index in [0.717, 1.165) is 17.7 Å². The van der Waals surface area contributed by atoms with Crippen LogP contribution in [0, 0.1) is 0 Å². The fourth-order valence-electron chi connectivity index (χ4n) is 2.10. The SMILES string of the molecule is CCCN(C(=O)OOC(C)c1ccccc1)c1ccccc1. The van der Waals surface area contributed by atoms with Gasteiger partial charge in [0, 0.05) is 12.2 Å². The molecule has 0 aliphatic heterocycles. The van der Waals surface area contributed by atoms with E-state index >= 15 is 0 Å². The maximum absolute atomic E-state index is 12.2. The maximum Gasteiger partial charge on any atom is 0.445 e. The molecule has 116 valence electrons. The van der Waals surface area contributed by atoms with E-state index < -0.39 is 6.09 Å². The number of amides is 1. The Bertz CT molecular complexity index is 571. The molecule has 1 atom stereocenters. The van der Waals surface area contributed by atoms with Crippen molar-refractivity contribution in [3.63, 3.8) is 0 Å². The van der Waals surface area contributed by atoms with Gasteiger partial charge >= 0.3 is 6.09 Å². The number of nitrogens with zero attached hydrogens (tertiary/aromatic N) is 1. The number of hydrogen-bond acceptors (Lipinski definition) is 3. The molecule has 1 amide bonds. The summed E-state index contributed by atoms with van der Waals surface area (Å²) in [7, 11) is 0. The third kappa shape index (κ3) is 4.33. The van der Waals surface area contributed by atoms with Crippen LogP contribution in [0.3, 0.4) is 0 Å². The molecule has 4 nitrogen and oxygen atoms in total. The molecule has 4 heteroatoms. The van der Waals surface area contributed by atoms with Gasteiger partial charge in [-0.1, -0.05) is 55.5 Å². The molecule has 2 aromatic rings. The van der Waals surface area contributed by atoms with Crippen LogP contribution in [0.5, 0.6) is 0 Å². The lowest BCUT2D eigenvalue weighted by Crippen LogP contribution is -2.32. The van der Waals surface area contributed by atoms with Crippen LogP contribution in [0.1, 0.15) is 31.9 Å². The van der Waals surface area contributed by atoms with Gasteiger partial charge in [0.15, 0.2) is 0 Å². The van der Waals surface area contributed by atoms with Crippen LogP contribution < -0.4 is 4.90 Å². The molecule has 0 aliphatic rings. The normalized spacial score (nSPS) is 11.7. The van der Waals surface area contributed by atoms with E-state index in [9.17, 15) is 4.79 Å². The first-order valence-corrected chi connectivity index (χ1v) is 7.47. The summed E-state index contributed by atoms with van der Waals surface area (Å²) in [6.07, 6.45) is 0.0123. The number of carbonyl (C=O) groups excluding carboxylic acids is 1. The fourth-order valence-corrected chi connectivity index (χ4v) is 2.10. The van der Waals surface area contributed by atoms with Gasteiger partial charge in [-0.2, -0.15) is 4.89 Å². The summed E-state index contributed by atoms with van der Waals surface area (Å²) < 4.78 is 0. The van der Waals surface area contributed by atoms with Crippen molar-refractivity contribution in [3.05, 3.63) is 66.2 Å². The molecular formula is C18H21NO3. The Labute approximate surface area is 131 Å². The molecule has 0 spiro atoms. The van der Waals surface area contributed by atoms with Crippen molar-refractivity contribution in [2.75, 3.05) is 11.4 Å². The molecule has 0 fully saturated rings. The van der Waals surface area contributed by atoms with E-state index in [-0.39, 0.29) is 6.10 Å². The average Bonchev–Trinajstić information content (AvgIpc) is 2.58. The number of benzene rings is 2. The van der Waals surface area contributed by atoms with Crippen LogP contribution >= 0.6 is 0 Å². The Morgan fingerprint density at radius 3 is 2.23 bits per heavy atom. The maximum atomic E-state index is 12.2. The molecule has 22 heavy (non-hydrogen) atoms. The largest absolute Gasteiger partial charge is 0.445 e. The lowest BCUT2D eigenvalue weighted by molar-refractivity contribution is -0.269. The highest BCUT2D eigenvalue weighted by Crippen LogP contribution is 2.19. The van der Waals surface area contributed by atoms with Crippen molar-refractivity contribution in [1.82, 2.24) is 0 Å². The zero-order valence-electron chi connectivity index (χ0n) is 12.9. The molecule has 0 aliphatic carbocycles. The standard InChI is InChI=1S/C18H21NO3/c1-3-14-19(17-12-8-5-9-13-17)18(20)22-21-15(2)16-10-6-4-7-11-16/h4-13,15H,3,14H2,1-2H3. The van der Waals surface area contributed by atoms with Gasteiger partial charge < -0.3 is 0 Å². The minimum absolute atomic E-state index is 0.315. The average molecular weight is 299 g/mol. The van der Waals surface area contributed by atoms with Crippen LogP contribution in [0.4, 0.5) is 10.5 Å². The van der Waals surface area contributed by atoms with Crippen molar-refractivity contribution in [2.24, 2.45) is 0 Å². The van der Waals surface area contributed by atoms with Crippen LogP contribution in [0.15, 0.2) is 60.7 Å². The van der Waals surface area contributed by atoms with E-state index in [0.29, 0.717) is 6.54 Å². The molecule has 2 rings (SSSR count). The van der Waals surface area contributed by atoms with Crippen molar-refractivity contribution >= 4 is 11.8 Å². The molecule has 0 radical (unpaired) electrons. The fraction of sp³-hybridized carbons (Fsp3) is 0.278. The summed E-state index contributed by atoms with van der Waals surface area (Å²) in [4.78, 5) is 24.1. The van der Waals surface area contributed by atoms with Gasteiger partial charge in [0.2, 0.25) is 0 Å². The van der Waals surface area contributed by atoms with Gasteiger partial charge in [0.1, 0.15) is 6.10 Å². The second kappa shape index (κ2) is 8.20. The highest BCUT2D eigenvalue weighted by molar-refractivity contribution is 5.87. The van der Waals surface area contributed by atoms with E-state index in [2.05, 4.69) is 0 Å². The van der Waals surface area contributed by atoms with Crippen molar-refractivity contribution in [3.8, 4) is 0 Å². The minimum atomic E-state index is -0.504. The third-order valence-corrected chi connectivity index (χ3v) is 3.27. The zero-order chi connectivity index (χ0) is 15.8. The van der Waals surface area contributed by atoms with Gasteiger partial charge in [0.05, 0.1) is 0 Å². The summed E-state index contributed by atoms with van der Waals surface area (Å²) in [6, 6.07) is 19.1. The topological polar surface area (TPSA) is 38.8 Å². The summed E-state index contributed by atoms with van der Waals surface area (Å²) in [5.74, 6) is 0. The summed E-state index contributed by atoms with van der Waals surface area (Å²) in [5, 5.41) is 0. The highest BCUT2D eigenvalue weighted by Gasteiger charge is 2.19. The van der Waals surface area contributed by atoms with Gasteiger partial charge in [-0.05, 0) is 31.0 Å². The van der Waals surface area contributed by atoms with E-state index in [1.165, 1.54) is 0 Å². The Kier molecular flexibility index (Phi) is 5.98. The van der Waals surface area contributed by atoms with E-state index in [4.69, 9.17) is 9.78 Å². The number of hydrogen-bond donors (Lipinski definition) is 0. The molecule has 0 aromatic heterocycles. The number of anilines is 1. The number of carbonyl (C=O) groups is 1. The van der Waals surface area contributed by atoms with Crippen molar-refractivity contribution in [1.29, 1.82) is 0 Å². The van der Waals surface area contributed by atoms with Crippen LogP contribution in [-0.2, 0) is 9.78 Å². The summed E-state index contributed by atoms with van der Waals surface area (Å²) >= 11 is 0. The lowest BCUT2D eigenvalue weighted by Gasteiger charge is -2.21. The predicted molar refractivity (Wildman–Crippen MR) is 86.5 cm³/mol.